The van der Waals surface area contributed by atoms with Crippen molar-refractivity contribution in [3.05, 3.63) is 29.3 Å². The fourth-order valence-corrected chi connectivity index (χ4v) is 2.22. The zero-order valence-electron chi connectivity index (χ0n) is 10.3. The normalized spacial score (nSPS) is 13.1. The first-order valence-corrected chi connectivity index (χ1v) is 6.50. The van der Waals surface area contributed by atoms with E-state index in [1.54, 1.807) is 11.9 Å². The number of rotatable bonds is 4. The second-order valence-electron chi connectivity index (χ2n) is 4.44. The van der Waals surface area contributed by atoms with Gasteiger partial charge in [0, 0.05) is 25.7 Å². The Morgan fingerprint density at radius 3 is 3.00 bits per heavy atom. The molecule has 2 rings (SSSR count). The standard InChI is InChI=1S/C13H16N2O2S/c1-15(13(17)4-5-18)8-9-2-3-11-10(6-9)7-12(16)14-11/h2-3,6,18H,4-5,7-8H2,1H3,(H,14,16). The topological polar surface area (TPSA) is 49.4 Å². The molecule has 0 spiro atoms. The third kappa shape index (κ3) is 2.85. The summed E-state index contributed by atoms with van der Waals surface area (Å²) in [6, 6.07) is 5.82. The molecule has 1 aliphatic rings. The van der Waals surface area contributed by atoms with Crippen molar-refractivity contribution in [3.63, 3.8) is 0 Å². The highest BCUT2D eigenvalue weighted by molar-refractivity contribution is 7.80. The Bertz CT molecular complexity index is 488. The molecule has 0 radical (unpaired) electrons. The van der Waals surface area contributed by atoms with Crippen LogP contribution < -0.4 is 5.32 Å². The van der Waals surface area contributed by atoms with Crippen molar-refractivity contribution in [2.45, 2.75) is 19.4 Å². The molecule has 0 unspecified atom stereocenters. The lowest BCUT2D eigenvalue weighted by Gasteiger charge is -2.17. The lowest BCUT2D eigenvalue weighted by molar-refractivity contribution is -0.130. The molecule has 1 aliphatic heterocycles. The third-order valence-corrected chi connectivity index (χ3v) is 3.19. The van der Waals surface area contributed by atoms with Gasteiger partial charge in [-0.1, -0.05) is 12.1 Å². The maximum Gasteiger partial charge on any atom is 0.228 e. The largest absolute Gasteiger partial charge is 0.341 e. The molecule has 0 fully saturated rings. The van der Waals surface area contributed by atoms with Gasteiger partial charge in [0.25, 0.3) is 0 Å². The van der Waals surface area contributed by atoms with Gasteiger partial charge in [-0.05, 0) is 22.9 Å². The van der Waals surface area contributed by atoms with Gasteiger partial charge in [-0.15, -0.1) is 0 Å². The summed E-state index contributed by atoms with van der Waals surface area (Å²) in [7, 11) is 1.78. The van der Waals surface area contributed by atoms with E-state index in [9.17, 15) is 9.59 Å². The number of hydrogen-bond acceptors (Lipinski definition) is 3. The highest BCUT2D eigenvalue weighted by Gasteiger charge is 2.18. The minimum absolute atomic E-state index is 0.0293. The quantitative estimate of drug-likeness (QED) is 0.809. The van der Waals surface area contributed by atoms with E-state index in [4.69, 9.17) is 0 Å². The van der Waals surface area contributed by atoms with Crippen LogP contribution in [0.4, 0.5) is 5.69 Å². The van der Waals surface area contributed by atoms with E-state index in [1.807, 2.05) is 18.2 Å². The molecule has 1 N–H and O–H groups in total. The summed E-state index contributed by atoms with van der Waals surface area (Å²) in [5.74, 6) is 0.674. The van der Waals surface area contributed by atoms with Crippen molar-refractivity contribution < 1.29 is 9.59 Å². The van der Waals surface area contributed by atoms with E-state index in [0.717, 1.165) is 16.8 Å². The van der Waals surface area contributed by atoms with Gasteiger partial charge >= 0.3 is 0 Å². The second kappa shape index (κ2) is 5.44. The second-order valence-corrected chi connectivity index (χ2v) is 4.89. The van der Waals surface area contributed by atoms with Crippen LogP contribution in [-0.4, -0.2) is 29.5 Å². The predicted molar refractivity (Wildman–Crippen MR) is 73.7 cm³/mol. The number of carbonyl (C=O) groups is 2. The average molecular weight is 264 g/mol. The van der Waals surface area contributed by atoms with Gasteiger partial charge in [0.15, 0.2) is 0 Å². The van der Waals surface area contributed by atoms with E-state index in [2.05, 4.69) is 17.9 Å². The number of thiol groups is 1. The first-order valence-electron chi connectivity index (χ1n) is 5.86. The fourth-order valence-electron chi connectivity index (χ4n) is 2.03. The molecule has 0 aliphatic carbocycles. The number of carbonyl (C=O) groups excluding carboxylic acids is 2. The van der Waals surface area contributed by atoms with Crippen LogP contribution in [0.5, 0.6) is 0 Å². The van der Waals surface area contributed by atoms with Crippen molar-refractivity contribution >= 4 is 30.1 Å². The minimum atomic E-state index is 0.0293. The Hall–Kier alpha value is -1.49. The Morgan fingerprint density at radius 2 is 2.28 bits per heavy atom. The minimum Gasteiger partial charge on any atom is -0.341 e. The summed E-state index contributed by atoms with van der Waals surface area (Å²) in [5.41, 5.74) is 2.93. The SMILES string of the molecule is CN(Cc1ccc2c(c1)CC(=O)N2)C(=O)CCS. The van der Waals surface area contributed by atoms with Crippen molar-refractivity contribution in [1.29, 1.82) is 0 Å². The van der Waals surface area contributed by atoms with Gasteiger partial charge < -0.3 is 10.2 Å². The zero-order valence-corrected chi connectivity index (χ0v) is 11.2. The zero-order chi connectivity index (χ0) is 13.1. The van der Waals surface area contributed by atoms with Crippen LogP contribution in [0.25, 0.3) is 0 Å². The van der Waals surface area contributed by atoms with E-state index in [-0.39, 0.29) is 11.8 Å². The van der Waals surface area contributed by atoms with Gasteiger partial charge in [0.1, 0.15) is 0 Å². The number of fused-ring (bicyclic) bond motifs is 1. The monoisotopic (exact) mass is 264 g/mol. The number of hydrogen-bond donors (Lipinski definition) is 2. The van der Waals surface area contributed by atoms with Crippen molar-refractivity contribution in [2.75, 3.05) is 18.1 Å². The number of benzene rings is 1. The first kappa shape index (κ1) is 13.0. The maximum atomic E-state index is 11.6. The van der Waals surface area contributed by atoms with Crippen molar-refractivity contribution in [3.8, 4) is 0 Å². The highest BCUT2D eigenvalue weighted by atomic mass is 32.1. The van der Waals surface area contributed by atoms with Crippen LogP contribution in [-0.2, 0) is 22.6 Å². The molecule has 0 bridgehead atoms. The fraction of sp³-hybridized carbons (Fsp3) is 0.385. The molecular formula is C13H16N2O2S. The molecule has 1 heterocycles. The number of amides is 2. The van der Waals surface area contributed by atoms with Crippen molar-refractivity contribution in [1.82, 2.24) is 4.90 Å². The molecule has 1 aromatic rings. The summed E-state index contributed by atoms with van der Waals surface area (Å²) < 4.78 is 0. The molecule has 0 saturated carbocycles. The molecule has 2 amide bonds. The van der Waals surface area contributed by atoms with Gasteiger partial charge in [-0.3, -0.25) is 9.59 Å². The van der Waals surface area contributed by atoms with Gasteiger partial charge in [0.2, 0.25) is 11.8 Å². The summed E-state index contributed by atoms with van der Waals surface area (Å²) in [6.45, 7) is 0.564. The van der Waals surface area contributed by atoms with Gasteiger partial charge in [-0.2, -0.15) is 12.6 Å². The Morgan fingerprint density at radius 1 is 1.50 bits per heavy atom. The molecule has 5 heteroatoms. The Kier molecular flexibility index (Phi) is 3.91. The maximum absolute atomic E-state index is 11.6. The van der Waals surface area contributed by atoms with Crippen LogP contribution in [0.15, 0.2) is 18.2 Å². The van der Waals surface area contributed by atoms with E-state index in [1.165, 1.54) is 0 Å². The van der Waals surface area contributed by atoms with Crippen LogP contribution in [0.2, 0.25) is 0 Å². The summed E-state index contributed by atoms with van der Waals surface area (Å²) in [4.78, 5) is 24.6. The molecule has 1 aromatic carbocycles. The number of nitrogens with zero attached hydrogens (tertiary/aromatic N) is 1. The van der Waals surface area contributed by atoms with E-state index in [0.29, 0.717) is 25.1 Å². The lowest BCUT2D eigenvalue weighted by Crippen LogP contribution is -2.26. The number of anilines is 1. The predicted octanol–water partition coefficient (Wildman–Crippen LogP) is 1.46. The van der Waals surface area contributed by atoms with E-state index < -0.39 is 0 Å². The lowest BCUT2D eigenvalue weighted by atomic mass is 10.1. The van der Waals surface area contributed by atoms with Crippen LogP contribution >= 0.6 is 12.6 Å². The smallest absolute Gasteiger partial charge is 0.228 e. The molecule has 0 aromatic heterocycles. The average Bonchev–Trinajstić information content (AvgIpc) is 2.68. The van der Waals surface area contributed by atoms with Gasteiger partial charge in [-0.25, -0.2) is 0 Å². The Balaban J connectivity index is 2.05. The first-order chi connectivity index (χ1) is 8.60. The van der Waals surface area contributed by atoms with Gasteiger partial charge in [0.05, 0.1) is 6.42 Å². The Labute approximate surface area is 112 Å². The van der Waals surface area contributed by atoms with Crippen LogP contribution in [0.1, 0.15) is 17.5 Å². The molecular weight excluding hydrogens is 248 g/mol. The molecule has 0 saturated heterocycles. The molecule has 96 valence electrons. The molecule has 18 heavy (non-hydrogen) atoms. The highest BCUT2D eigenvalue weighted by Crippen LogP contribution is 2.24. The number of nitrogens with one attached hydrogen (secondary N) is 1. The summed E-state index contributed by atoms with van der Waals surface area (Å²) in [5, 5.41) is 2.79. The van der Waals surface area contributed by atoms with E-state index >= 15 is 0 Å². The third-order valence-electron chi connectivity index (χ3n) is 2.97. The molecule has 4 nitrogen and oxygen atoms in total. The molecule has 0 atom stereocenters. The van der Waals surface area contributed by atoms with Crippen LogP contribution in [0, 0.1) is 0 Å². The van der Waals surface area contributed by atoms with Crippen LogP contribution in [0.3, 0.4) is 0 Å². The van der Waals surface area contributed by atoms with Crippen molar-refractivity contribution in [2.24, 2.45) is 0 Å². The summed E-state index contributed by atoms with van der Waals surface area (Å²) >= 11 is 4.05. The summed E-state index contributed by atoms with van der Waals surface area (Å²) in [6.07, 6.45) is 0.877.